The van der Waals surface area contributed by atoms with E-state index in [4.69, 9.17) is 11.6 Å². The molecule has 0 aliphatic heterocycles. The number of aryl methyl sites for hydroxylation is 1. The van der Waals surface area contributed by atoms with Gasteiger partial charge in [0.1, 0.15) is 0 Å². The number of halogens is 1. The predicted octanol–water partition coefficient (Wildman–Crippen LogP) is 3.22. The molecule has 2 amide bonds. The van der Waals surface area contributed by atoms with E-state index in [0.717, 1.165) is 12.2 Å². The van der Waals surface area contributed by atoms with Crippen molar-refractivity contribution in [3.8, 4) is 0 Å². The molecule has 1 aromatic carbocycles. The third-order valence-corrected chi connectivity index (χ3v) is 3.11. The van der Waals surface area contributed by atoms with Crippen molar-refractivity contribution in [3.05, 3.63) is 47.2 Å². The maximum Gasteiger partial charge on any atom is 0.321 e. The Kier molecular flexibility index (Phi) is 4.63. The monoisotopic (exact) mass is 292 g/mol. The summed E-state index contributed by atoms with van der Waals surface area (Å²) >= 11 is 5.80. The Balaban J connectivity index is 1.93. The number of carbonyl (C=O) groups is 1. The lowest BCUT2D eigenvalue weighted by molar-refractivity contribution is 0.220. The van der Waals surface area contributed by atoms with Crippen LogP contribution in [0, 0.1) is 0 Å². The highest BCUT2D eigenvalue weighted by atomic mass is 35.5. The van der Waals surface area contributed by atoms with E-state index in [9.17, 15) is 4.79 Å². The largest absolute Gasteiger partial charge is 0.322 e. The first-order chi connectivity index (χ1) is 9.58. The van der Waals surface area contributed by atoms with Crippen LogP contribution >= 0.6 is 11.6 Å². The summed E-state index contributed by atoms with van der Waals surface area (Å²) in [4.78, 5) is 13.6. The van der Waals surface area contributed by atoms with Gasteiger partial charge in [-0.2, -0.15) is 5.10 Å². The molecule has 0 fully saturated rings. The molecule has 0 spiro atoms. The highest BCUT2D eigenvalue weighted by molar-refractivity contribution is 6.30. The summed E-state index contributed by atoms with van der Waals surface area (Å²) in [5.74, 6) is 0. The van der Waals surface area contributed by atoms with Crippen LogP contribution in [0.15, 0.2) is 36.5 Å². The number of anilines is 1. The number of nitrogens with one attached hydrogen (secondary N) is 1. The second-order valence-electron chi connectivity index (χ2n) is 4.46. The highest BCUT2D eigenvalue weighted by Gasteiger charge is 2.10. The van der Waals surface area contributed by atoms with Crippen LogP contribution in [0.4, 0.5) is 10.5 Å². The Morgan fingerprint density at radius 1 is 1.35 bits per heavy atom. The summed E-state index contributed by atoms with van der Waals surface area (Å²) in [6, 6.07) is 8.73. The molecule has 0 saturated carbocycles. The lowest BCUT2D eigenvalue weighted by atomic mass is 10.3. The number of nitrogens with zero attached hydrogens (tertiary/aromatic N) is 3. The van der Waals surface area contributed by atoms with Gasteiger partial charge in [0, 0.05) is 30.5 Å². The average molecular weight is 293 g/mol. The van der Waals surface area contributed by atoms with Gasteiger partial charge in [0.15, 0.2) is 0 Å². The number of carbonyl (C=O) groups excluding carboxylic acids is 1. The summed E-state index contributed by atoms with van der Waals surface area (Å²) in [6.07, 6.45) is 1.90. The molecule has 0 radical (unpaired) electrons. The number of amides is 2. The quantitative estimate of drug-likeness (QED) is 0.940. The molecule has 0 unspecified atom stereocenters. The molecule has 2 rings (SSSR count). The van der Waals surface area contributed by atoms with E-state index in [1.807, 2.05) is 23.9 Å². The SMILES string of the molecule is CCn1ccc(CN(C)C(=O)Nc2ccc(Cl)cc2)n1. The fourth-order valence-corrected chi connectivity index (χ4v) is 1.86. The molecule has 0 aliphatic rings. The third-order valence-electron chi connectivity index (χ3n) is 2.86. The lowest BCUT2D eigenvalue weighted by Gasteiger charge is -2.16. The molecule has 1 heterocycles. The summed E-state index contributed by atoms with van der Waals surface area (Å²) < 4.78 is 1.83. The molecule has 0 bridgehead atoms. The molecule has 20 heavy (non-hydrogen) atoms. The van der Waals surface area contributed by atoms with E-state index >= 15 is 0 Å². The third kappa shape index (κ3) is 3.74. The van der Waals surface area contributed by atoms with Crippen molar-refractivity contribution >= 4 is 23.3 Å². The van der Waals surface area contributed by atoms with Crippen molar-refractivity contribution in [2.45, 2.75) is 20.0 Å². The van der Waals surface area contributed by atoms with Gasteiger partial charge in [0.2, 0.25) is 0 Å². The van der Waals surface area contributed by atoms with Crippen molar-refractivity contribution in [3.63, 3.8) is 0 Å². The fraction of sp³-hybridized carbons (Fsp3) is 0.286. The summed E-state index contributed by atoms with van der Waals surface area (Å²) in [5, 5.41) is 7.79. The van der Waals surface area contributed by atoms with Gasteiger partial charge in [-0.3, -0.25) is 4.68 Å². The molecule has 106 valence electrons. The van der Waals surface area contributed by atoms with Gasteiger partial charge in [-0.1, -0.05) is 11.6 Å². The minimum Gasteiger partial charge on any atom is -0.322 e. The maximum absolute atomic E-state index is 12.0. The molecule has 0 atom stereocenters. The van der Waals surface area contributed by atoms with Crippen LogP contribution in [-0.4, -0.2) is 27.8 Å². The number of urea groups is 1. The molecule has 1 aromatic heterocycles. The van der Waals surface area contributed by atoms with E-state index in [0.29, 0.717) is 17.3 Å². The number of benzene rings is 1. The summed E-state index contributed by atoms with van der Waals surface area (Å²) in [6.45, 7) is 3.31. The van der Waals surface area contributed by atoms with Gasteiger partial charge < -0.3 is 10.2 Å². The van der Waals surface area contributed by atoms with Gasteiger partial charge in [0.05, 0.1) is 12.2 Å². The van der Waals surface area contributed by atoms with Gasteiger partial charge in [-0.05, 0) is 37.3 Å². The Labute approximate surface area is 123 Å². The van der Waals surface area contributed by atoms with Crippen LogP contribution in [0.2, 0.25) is 5.02 Å². The Morgan fingerprint density at radius 3 is 2.65 bits per heavy atom. The standard InChI is InChI=1S/C14H17ClN4O/c1-3-19-9-8-13(17-19)10-18(2)14(20)16-12-6-4-11(15)5-7-12/h4-9H,3,10H2,1-2H3,(H,16,20). The second-order valence-corrected chi connectivity index (χ2v) is 4.89. The summed E-state index contributed by atoms with van der Waals surface area (Å²) in [7, 11) is 1.73. The molecular formula is C14H17ClN4O. The lowest BCUT2D eigenvalue weighted by Crippen LogP contribution is -2.31. The zero-order valence-corrected chi connectivity index (χ0v) is 12.3. The van der Waals surface area contributed by atoms with E-state index in [2.05, 4.69) is 10.4 Å². The van der Waals surface area contributed by atoms with Crippen LogP contribution in [0.5, 0.6) is 0 Å². The number of aromatic nitrogens is 2. The minimum absolute atomic E-state index is 0.182. The maximum atomic E-state index is 12.0. The van der Waals surface area contributed by atoms with Crippen molar-refractivity contribution in [2.75, 3.05) is 12.4 Å². The van der Waals surface area contributed by atoms with Gasteiger partial charge in [0.25, 0.3) is 0 Å². The predicted molar refractivity (Wildman–Crippen MR) is 79.8 cm³/mol. The second kappa shape index (κ2) is 6.43. The number of rotatable bonds is 4. The van der Waals surface area contributed by atoms with Crippen LogP contribution in [-0.2, 0) is 13.1 Å². The zero-order valence-electron chi connectivity index (χ0n) is 11.5. The normalized spacial score (nSPS) is 10.3. The fourth-order valence-electron chi connectivity index (χ4n) is 1.73. The molecule has 2 aromatic rings. The van der Waals surface area contributed by atoms with Crippen LogP contribution in [0.25, 0.3) is 0 Å². The summed E-state index contributed by atoms with van der Waals surface area (Å²) in [5.41, 5.74) is 1.57. The molecular weight excluding hydrogens is 276 g/mol. The van der Waals surface area contributed by atoms with Gasteiger partial charge >= 0.3 is 6.03 Å². The molecule has 6 heteroatoms. The van der Waals surface area contributed by atoms with Crippen molar-refractivity contribution in [2.24, 2.45) is 0 Å². The van der Waals surface area contributed by atoms with E-state index in [1.54, 1.807) is 36.2 Å². The molecule has 0 aliphatic carbocycles. The topological polar surface area (TPSA) is 50.2 Å². The van der Waals surface area contributed by atoms with E-state index in [-0.39, 0.29) is 6.03 Å². The first kappa shape index (κ1) is 14.4. The molecule has 0 saturated heterocycles. The van der Waals surface area contributed by atoms with E-state index in [1.165, 1.54) is 0 Å². The molecule has 1 N–H and O–H groups in total. The Hall–Kier alpha value is -2.01. The van der Waals surface area contributed by atoms with Crippen LogP contribution < -0.4 is 5.32 Å². The zero-order chi connectivity index (χ0) is 14.5. The Bertz CT molecular complexity index is 579. The number of hydrogen-bond acceptors (Lipinski definition) is 2. The van der Waals surface area contributed by atoms with Crippen molar-refractivity contribution < 1.29 is 4.79 Å². The number of hydrogen-bond donors (Lipinski definition) is 1. The van der Waals surface area contributed by atoms with Crippen molar-refractivity contribution in [1.29, 1.82) is 0 Å². The van der Waals surface area contributed by atoms with Crippen LogP contribution in [0.3, 0.4) is 0 Å². The first-order valence-corrected chi connectivity index (χ1v) is 6.76. The smallest absolute Gasteiger partial charge is 0.321 e. The highest BCUT2D eigenvalue weighted by Crippen LogP contribution is 2.14. The minimum atomic E-state index is -0.182. The molecule has 5 nitrogen and oxygen atoms in total. The van der Waals surface area contributed by atoms with Gasteiger partial charge in [-0.15, -0.1) is 0 Å². The Morgan fingerprint density at radius 2 is 2.05 bits per heavy atom. The first-order valence-electron chi connectivity index (χ1n) is 6.38. The van der Waals surface area contributed by atoms with E-state index < -0.39 is 0 Å². The van der Waals surface area contributed by atoms with Crippen molar-refractivity contribution in [1.82, 2.24) is 14.7 Å². The average Bonchev–Trinajstić information content (AvgIpc) is 2.89. The van der Waals surface area contributed by atoms with Crippen LogP contribution in [0.1, 0.15) is 12.6 Å². The van der Waals surface area contributed by atoms with Gasteiger partial charge in [-0.25, -0.2) is 4.79 Å².